The highest BCUT2D eigenvalue weighted by molar-refractivity contribution is 9.10. The molecule has 0 spiro atoms. The second-order valence-corrected chi connectivity index (χ2v) is 14.5. The number of aryl methyl sites for hydroxylation is 1. The van der Waals surface area contributed by atoms with Crippen molar-refractivity contribution in [2.24, 2.45) is 17.8 Å². The predicted molar refractivity (Wildman–Crippen MR) is 177 cm³/mol. The first-order chi connectivity index (χ1) is 19.3. The summed E-state index contributed by atoms with van der Waals surface area (Å²) in [4.78, 5) is 13.1. The number of esters is 1. The Bertz CT molecular complexity index is 1180. The number of hydrogen-bond donors (Lipinski definition) is 0. The van der Waals surface area contributed by atoms with E-state index >= 15 is 0 Å². The molecule has 3 atom stereocenters. The van der Waals surface area contributed by atoms with Gasteiger partial charge in [0.1, 0.15) is 17.1 Å². The number of carbonyl (C=O) groups excluding carboxylic acids is 1. The fourth-order valence-electron chi connectivity index (χ4n) is 6.37. The van der Waals surface area contributed by atoms with E-state index in [9.17, 15) is 4.79 Å². The Hall–Kier alpha value is -1.81. The Kier molecular flexibility index (Phi) is 12.4. The van der Waals surface area contributed by atoms with E-state index in [4.69, 9.17) is 9.47 Å². The Morgan fingerprint density at radius 3 is 2.15 bits per heavy atom. The molecule has 0 radical (unpaired) electrons. The molecule has 0 fully saturated rings. The molecular weight excluding hydrogens is 572 g/mol. The number of benzene rings is 2. The molecule has 0 aromatic heterocycles. The number of rotatable bonds is 14. The number of fused-ring (bicyclic) bond motifs is 1. The van der Waals surface area contributed by atoms with Gasteiger partial charge in [0.25, 0.3) is 0 Å². The van der Waals surface area contributed by atoms with Crippen LogP contribution in [0.2, 0.25) is 0 Å². The molecule has 2 aromatic rings. The van der Waals surface area contributed by atoms with E-state index in [1.165, 1.54) is 56.9 Å². The molecule has 2 aromatic carbocycles. The van der Waals surface area contributed by atoms with Gasteiger partial charge in [0.2, 0.25) is 0 Å². The molecule has 1 aliphatic rings. The highest BCUT2D eigenvalue weighted by atomic mass is 79.9. The number of carbonyl (C=O) groups is 1. The summed E-state index contributed by atoms with van der Waals surface area (Å²) >= 11 is 3.56. The first-order valence-corrected chi connectivity index (χ1v) is 16.9. The second-order valence-electron chi connectivity index (χ2n) is 13.7. The van der Waals surface area contributed by atoms with Crippen LogP contribution in [0.4, 0.5) is 0 Å². The molecule has 0 saturated heterocycles. The maximum absolute atomic E-state index is 13.1. The molecule has 228 valence electrons. The van der Waals surface area contributed by atoms with Crippen molar-refractivity contribution in [3.8, 4) is 11.5 Å². The van der Waals surface area contributed by atoms with Gasteiger partial charge in [-0.1, -0.05) is 84.8 Å². The molecular formula is C37H55BrO3. The van der Waals surface area contributed by atoms with Gasteiger partial charge >= 0.3 is 5.97 Å². The van der Waals surface area contributed by atoms with Crippen LogP contribution in [0.15, 0.2) is 22.7 Å². The molecule has 0 bridgehead atoms. The van der Waals surface area contributed by atoms with Gasteiger partial charge in [-0.15, -0.1) is 0 Å². The topological polar surface area (TPSA) is 35.5 Å². The molecule has 0 N–H and O–H groups in total. The summed E-state index contributed by atoms with van der Waals surface area (Å²) in [6.07, 6.45) is 13.7. The molecule has 3 rings (SSSR count). The van der Waals surface area contributed by atoms with Crippen molar-refractivity contribution < 1.29 is 14.3 Å². The Morgan fingerprint density at radius 2 is 1.51 bits per heavy atom. The van der Waals surface area contributed by atoms with Gasteiger partial charge < -0.3 is 9.47 Å². The van der Waals surface area contributed by atoms with E-state index in [2.05, 4.69) is 64.4 Å². The van der Waals surface area contributed by atoms with Crippen LogP contribution in [0.25, 0.3) is 0 Å². The lowest BCUT2D eigenvalue weighted by Crippen LogP contribution is -2.37. The van der Waals surface area contributed by atoms with Gasteiger partial charge in [-0.25, -0.2) is 4.79 Å². The summed E-state index contributed by atoms with van der Waals surface area (Å²) in [7, 11) is 0. The first kappa shape index (κ1) is 33.7. The molecule has 0 saturated carbocycles. The number of ether oxygens (including phenoxy) is 2. The molecule has 1 heterocycles. The standard InChI is InChI=1S/C37H55BrO3/c1-24(2)14-10-15-25(3)16-11-17-26(4)18-13-22-37(9)23-21-31-30(8)34(28(6)29(7)35(31)41-37)40-36(39)32-20-12-19-27(5)33(32)38/h12,19-20,24-26H,10-11,13-18,21-23H2,1-9H3/t25-,26-,37-/m1/s1. The minimum absolute atomic E-state index is 0.147. The summed E-state index contributed by atoms with van der Waals surface area (Å²) in [6.45, 7) is 20.0. The van der Waals surface area contributed by atoms with Crippen LogP contribution in [-0.2, 0) is 6.42 Å². The van der Waals surface area contributed by atoms with Gasteiger partial charge in [-0.05, 0) is 122 Å². The van der Waals surface area contributed by atoms with Gasteiger partial charge in [-0.3, -0.25) is 0 Å². The Morgan fingerprint density at radius 1 is 0.902 bits per heavy atom. The average Bonchev–Trinajstić information content (AvgIpc) is 2.91. The molecule has 41 heavy (non-hydrogen) atoms. The molecule has 0 aliphatic carbocycles. The van der Waals surface area contributed by atoms with Gasteiger partial charge in [-0.2, -0.15) is 0 Å². The smallest absolute Gasteiger partial charge is 0.344 e. The lowest BCUT2D eigenvalue weighted by molar-refractivity contribution is 0.0508. The second kappa shape index (κ2) is 15.1. The highest BCUT2D eigenvalue weighted by Crippen LogP contribution is 2.45. The van der Waals surface area contributed by atoms with Crippen LogP contribution in [-0.4, -0.2) is 11.6 Å². The third kappa shape index (κ3) is 9.09. The average molecular weight is 628 g/mol. The lowest BCUT2D eigenvalue weighted by Gasteiger charge is -2.38. The SMILES string of the molecule is Cc1cccc(C(=O)Oc2c(C)c(C)c3c(c2C)CC[C@@](C)(CCC[C@H](C)CCC[C@H](C)CCCC(C)C)O3)c1Br. The van der Waals surface area contributed by atoms with Crippen molar-refractivity contribution in [1.82, 2.24) is 0 Å². The lowest BCUT2D eigenvalue weighted by atomic mass is 9.83. The quantitative estimate of drug-likeness (QED) is 0.154. The van der Waals surface area contributed by atoms with Crippen molar-refractivity contribution in [3.63, 3.8) is 0 Å². The van der Waals surface area contributed by atoms with Crippen LogP contribution >= 0.6 is 15.9 Å². The van der Waals surface area contributed by atoms with Crippen LogP contribution in [0, 0.1) is 45.4 Å². The molecule has 0 amide bonds. The zero-order valence-electron chi connectivity index (χ0n) is 27.3. The molecule has 1 aliphatic heterocycles. The van der Waals surface area contributed by atoms with Crippen molar-refractivity contribution in [3.05, 3.63) is 56.1 Å². The van der Waals surface area contributed by atoms with Gasteiger partial charge in [0, 0.05) is 10.0 Å². The maximum atomic E-state index is 13.1. The third-order valence-electron chi connectivity index (χ3n) is 9.44. The summed E-state index contributed by atoms with van der Waals surface area (Å²) in [5.41, 5.74) is 5.69. The predicted octanol–water partition coefficient (Wildman–Crippen LogP) is 11.4. The Labute approximate surface area is 259 Å². The Balaban J connectivity index is 1.55. The van der Waals surface area contributed by atoms with Crippen LogP contribution in [0.5, 0.6) is 11.5 Å². The highest BCUT2D eigenvalue weighted by Gasteiger charge is 2.35. The largest absolute Gasteiger partial charge is 0.487 e. The fraction of sp³-hybridized carbons (Fsp3) is 0.649. The minimum Gasteiger partial charge on any atom is -0.487 e. The van der Waals surface area contributed by atoms with E-state index < -0.39 is 0 Å². The van der Waals surface area contributed by atoms with Crippen LogP contribution < -0.4 is 9.47 Å². The van der Waals surface area contributed by atoms with Crippen molar-refractivity contribution in [2.75, 3.05) is 0 Å². The zero-order chi connectivity index (χ0) is 30.3. The van der Waals surface area contributed by atoms with E-state index in [0.717, 1.165) is 69.5 Å². The van der Waals surface area contributed by atoms with Crippen molar-refractivity contribution in [1.29, 1.82) is 0 Å². The maximum Gasteiger partial charge on any atom is 0.344 e. The molecule has 4 heteroatoms. The van der Waals surface area contributed by atoms with E-state index in [0.29, 0.717) is 11.3 Å². The van der Waals surface area contributed by atoms with Crippen LogP contribution in [0.3, 0.4) is 0 Å². The number of halogens is 1. The van der Waals surface area contributed by atoms with Gasteiger partial charge in [0.15, 0.2) is 0 Å². The van der Waals surface area contributed by atoms with E-state index in [-0.39, 0.29) is 11.6 Å². The monoisotopic (exact) mass is 626 g/mol. The summed E-state index contributed by atoms with van der Waals surface area (Å²) in [5, 5.41) is 0. The van der Waals surface area contributed by atoms with Gasteiger partial charge in [0.05, 0.1) is 5.56 Å². The third-order valence-corrected chi connectivity index (χ3v) is 10.5. The molecule has 0 unspecified atom stereocenters. The van der Waals surface area contributed by atoms with Crippen LogP contribution in [0.1, 0.15) is 137 Å². The van der Waals surface area contributed by atoms with Crippen molar-refractivity contribution >= 4 is 21.9 Å². The first-order valence-electron chi connectivity index (χ1n) is 16.1. The normalized spacial score (nSPS) is 18.1. The van der Waals surface area contributed by atoms with Crippen molar-refractivity contribution in [2.45, 2.75) is 139 Å². The fourth-order valence-corrected chi connectivity index (χ4v) is 6.79. The number of hydrogen-bond acceptors (Lipinski definition) is 3. The van der Waals surface area contributed by atoms with E-state index in [1.807, 2.05) is 26.0 Å². The minimum atomic E-state index is -0.331. The summed E-state index contributed by atoms with van der Waals surface area (Å²) < 4.78 is 13.6. The summed E-state index contributed by atoms with van der Waals surface area (Å²) in [6, 6.07) is 5.67. The summed E-state index contributed by atoms with van der Waals surface area (Å²) in [5.74, 6) is 3.81. The zero-order valence-corrected chi connectivity index (χ0v) is 28.9. The molecule has 3 nitrogen and oxygen atoms in total. The van der Waals surface area contributed by atoms with E-state index in [1.54, 1.807) is 6.07 Å².